The molecule has 2 aromatic rings. The Hall–Kier alpha value is -3.26. The standard InChI is InChI=1S/C20H21ClN4O4/c1-12(2)18(23-19(26)14-6-4-13(3)5-7-14)20(27)24-22-11-15-10-16(25(28)29)8-9-17(15)21/h4-12,18H,1-3H3,(H,23,26)(H,24,27)/b22-11-. The lowest BCUT2D eigenvalue weighted by Gasteiger charge is -2.20. The van der Waals surface area contributed by atoms with Gasteiger partial charge in [-0.3, -0.25) is 19.7 Å². The fraction of sp³-hybridized carbons (Fsp3) is 0.250. The number of nitrogens with zero attached hydrogens (tertiary/aromatic N) is 2. The SMILES string of the molecule is Cc1ccc(C(=O)NC(C(=O)N/N=C\c2cc([N+](=O)[O-])ccc2Cl)C(C)C)cc1. The van der Waals surface area contributed by atoms with Crippen LogP contribution in [-0.4, -0.2) is 29.0 Å². The zero-order valence-electron chi connectivity index (χ0n) is 16.2. The van der Waals surface area contributed by atoms with Crippen LogP contribution in [0, 0.1) is 23.0 Å². The largest absolute Gasteiger partial charge is 0.340 e. The van der Waals surface area contributed by atoms with E-state index in [2.05, 4.69) is 15.8 Å². The van der Waals surface area contributed by atoms with Crippen molar-refractivity contribution in [2.45, 2.75) is 26.8 Å². The molecule has 29 heavy (non-hydrogen) atoms. The third-order valence-electron chi connectivity index (χ3n) is 4.12. The number of hydrogen-bond donors (Lipinski definition) is 2. The van der Waals surface area contributed by atoms with Gasteiger partial charge in [0.1, 0.15) is 6.04 Å². The maximum absolute atomic E-state index is 12.5. The summed E-state index contributed by atoms with van der Waals surface area (Å²) in [6.07, 6.45) is 1.21. The summed E-state index contributed by atoms with van der Waals surface area (Å²) in [5.74, 6) is -1.08. The molecule has 0 bridgehead atoms. The highest BCUT2D eigenvalue weighted by Crippen LogP contribution is 2.20. The van der Waals surface area contributed by atoms with Crippen molar-refractivity contribution in [3.8, 4) is 0 Å². The molecule has 0 aliphatic rings. The van der Waals surface area contributed by atoms with Crippen molar-refractivity contribution < 1.29 is 14.5 Å². The first-order valence-electron chi connectivity index (χ1n) is 8.83. The van der Waals surface area contributed by atoms with Crippen LogP contribution in [0.15, 0.2) is 47.6 Å². The monoisotopic (exact) mass is 416 g/mol. The van der Waals surface area contributed by atoms with Crippen molar-refractivity contribution in [1.29, 1.82) is 0 Å². The van der Waals surface area contributed by atoms with Gasteiger partial charge in [0, 0.05) is 28.3 Å². The zero-order chi connectivity index (χ0) is 21.6. The molecular formula is C20H21ClN4O4. The Balaban J connectivity index is 2.07. The molecule has 0 aliphatic heterocycles. The second-order valence-corrected chi connectivity index (χ2v) is 7.17. The summed E-state index contributed by atoms with van der Waals surface area (Å²) in [4.78, 5) is 35.2. The van der Waals surface area contributed by atoms with Gasteiger partial charge in [-0.2, -0.15) is 5.10 Å². The summed E-state index contributed by atoms with van der Waals surface area (Å²) in [5.41, 5.74) is 3.95. The van der Waals surface area contributed by atoms with Gasteiger partial charge in [-0.25, -0.2) is 5.43 Å². The number of rotatable bonds is 7. The Morgan fingerprint density at radius 2 is 1.83 bits per heavy atom. The van der Waals surface area contributed by atoms with E-state index in [0.29, 0.717) is 5.56 Å². The smallest absolute Gasteiger partial charge is 0.270 e. The minimum Gasteiger partial charge on any atom is -0.340 e. The van der Waals surface area contributed by atoms with Gasteiger partial charge >= 0.3 is 0 Å². The maximum atomic E-state index is 12.5. The average Bonchev–Trinajstić information content (AvgIpc) is 2.67. The molecule has 0 fully saturated rings. The number of hydrogen-bond acceptors (Lipinski definition) is 5. The molecule has 0 aliphatic carbocycles. The van der Waals surface area contributed by atoms with E-state index < -0.39 is 16.9 Å². The fourth-order valence-electron chi connectivity index (χ4n) is 2.44. The normalized spacial score (nSPS) is 12.0. The van der Waals surface area contributed by atoms with Gasteiger partial charge < -0.3 is 5.32 Å². The van der Waals surface area contributed by atoms with Crippen LogP contribution in [0.3, 0.4) is 0 Å². The maximum Gasteiger partial charge on any atom is 0.270 e. The Kier molecular flexibility index (Phi) is 7.44. The molecule has 9 heteroatoms. The van der Waals surface area contributed by atoms with Gasteiger partial charge in [-0.15, -0.1) is 0 Å². The quantitative estimate of drug-likeness (QED) is 0.408. The molecule has 2 rings (SSSR count). The number of hydrazone groups is 1. The van der Waals surface area contributed by atoms with Crippen LogP contribution < -0.4 is 10.7 Å². The van der Waals surface area contributed by atoms with Gasteiger partial charge in [-0.05, 0) is 31.0 Å². The Labute approximate surface area is 173 Å². The molecule has 1 unspecified atom stereocenters. The van der Waals surface area contributed by atoms with Crippen molar-refractivity contribution in [3.63, 3.8) is 0 Å². The minimum atomic E-state index is -0.818. The first kappa shape index (κ1) is 22.0. The molecule has 2 N–H and O–H groups in total. The molecule has 0 radical (unpaired) electrons. The molecule has 0 spiro atoms. The molecule has 2 amide bonds. The second-order valence-electron chi connectivity index (χ2n) is 6.76. The van der Waals surface area contributed by atoms with Crippen LogP contribution in [0.2, 0.25) is 5.02 Å². The average molecular weight is 417 g/mol. The zero-order valence-corrected chi connectivity index (χ0v) is 16.9. The van der Waals surface area contributed by atoms with Crippen molar-refractivity contribution in [2.75, 3.05) is 0 Å². The molecule has 0 saturated heterocycles. The van der Waals surface area contributed by atoms with Crippen LogP contribution in [-0.2, 0) is 4.79 Å². The summed E-state index contributed by atoms with van der Waals surface area (Å²) in [6.45, 7) is 5.50. The number of halogens is 1. The third-order valence-corrected chi connectivity index (χ3v) is 4.46. The highest BCUT2D eigenvalue weighted by atomic mass is 35.5. The van der Waals surface area contributed by atoms with Crippen LogP contribution in [0.1, 0.15) is 35.3 Å². The molecule has 0 aromatic heterocycles. The minimum absolute atomic E-state index is 0.146. The lowest BCUT2D eigenvalue weighted by atomic mass is 10.0. The van der Waals surface area contributed by atoms with Gasteiger partial charge in [0.25, 0.3) is 17.5 Å². The number of amides is 2. The first-order chi connectivity index (χ1) is 13.7. The van der Waals surface area contributed by atoms with Crippen molar-refractivity contribution in [1.82, 2.24) is 10.7 Å². The highest BCUT2D eigenvalue weighted by Gasteiger charge is 2.24. The summed E-state index contributed by atoms with van der Waals surface area (Å²) in [7, 11) is 0. The molecule has 0 saturated carbocycles. The summed E-state index contributed by atoms with van der Waals surface area (Å²) < 4.78 is 0. The number of nitro benzene ring substituents is 1. The Morgan fingerprint density at radius 3 is 2.41 bits per heavy atom. The van der Waals surface area contributed by atoms with Crippen molar-refractivity contribution in [3.05, 3.63) is 74.3 Å². The van der Waals surface area contributed by atoms with Gasteiger partial charge in [0.05, 0.1) is 11.1 Å². The number of carbonyl (C=O) groups excluding carboxylic acids is 2. The number of benzene rings is 2. The number of aryl methyl sites for hydroxylation is 1. The van der Waals surface area contributed by atoms with Crippen LogP contribution in [0.5, 0.6) is 0 Å². The van der Waals surface area contributed by atoms with Crippen LogP contribution in [0.25, 0.3) is 0 Å². The number of nitro groups is 1. The third kappa shape index (κ3) is 6.11. The predicted molar refractivity (Wildman–Crippen MR) is 111 cm³/mol. The van der Waals surface area contributed by atoms with Gasteiger partial charge in [0.15, 0.2) is 0 Å². The van der Waals surface area contributed by atoms with E-state index in [-0.39, 0.29) is 28.1 Å². The molecular weight excluding hydrogens is 396 g/mol. The number of carbonyl (C=O) groups is 2. The summed E-state index contributed by atoms with van der Waals surface area (Å²) >= 11 is 5.99. The van der Waals surface area contributed by atoms with Crippen molar-refractivity contribution >= 4 is 35.3 Å². The van der Waals surface area contributed by atoms with E-state index in [1.807, 2.05) is 19.1 Å². The highest BCUT2D eigenvalue weighted by molar-refractivity contribution is 6.33. The van der Waals surface area contributed by atoms with Crippen LogP contribution in [0.4, 0.5) is 5.69 Å². The van der Waals surface area contributed by atoms with E-state index in [9.17, 15) is 19.7 Å². The second kappa shape index (κ2) is 9.79. The molecule has 2 aromatic carbocycles. The topological polar surface area (TPSA) is 114 Å². The summed E-state index contributed by atoms with van der Waals surface area (Å²) in [5, 5.41) is 17.6. The molecule has 1 atom stereocenters. The van der Waals surface area contributed by atoms with E-state index in [1.54, 1.807) is 26.0 Å². The van der Waals surface area contributed by atoms with Gasteiger partial charge in [0.2, 0.25) is 0 Å². The number of non-ortho nitro benzene ring substituents is 1. The molecule has 0 heterocycles. The Morgan fingerprint density at radius 1 is 1.17 bits per heavy atom. The summed E-state index contributed by atoms with van der Waals surface area (Å²) in [6, 6.07) is 10.1. The van der Waals surface area contributed by atoms with E-state index >= 15 is 0 Å². The molecule has 152 valence electrons. The fourth-order valence-corrected chi connectivity index (χ4v) is 2.61. The molecule has 8 nitrogen and oxygen atoms in total. The Bertz CT molecular complexity index is 942. The number of nitrogens with one attached hydrogen (secondary N) is 2. The first-order valence-corrected chi connectivity index (χ1v) is 9.21. The predicted octanol–water partition coefficient (Wildman–Crippen LogP) is 3.46. The lowest BCUT2D eigenvalue weighted by Crippen LogP contribution is -2.48. The van der Waals surface area contributed by atoms with Crippen molar-refractivity contribution in [2.24, 2.45) is 11.0 Å². The van der Waals surface area contributed by atoms with E-state index in [0.717, 1.165) is 5.56 Å². The van der Waals surface area contributed by atoms with E-state index in [1.165, 1.54) is 24.4 Å². The van der Waals surface area contributed by atoms with Gasteiger partial charge in [-0.1, -0.05) is 43.1 Å². The lowest BCUT2D eigenvalue weighted by molar-refractivity contribution is -0.384. The van der Waals surface area contributed by atoms with E-state index in [4.69, 9.17) is 11.6 Å². The van der Waals surface area contributed by atoms with Crippen LogP contribution >= 0.6 is 11.6 Å².